The number of rotatable bonds is 6. The Kier molecular flexibility index (Phi) is 5.34. The van der Waals surface area contributed by atoms with E-state index in [1.165, 1.54) is 10.5 Å². The Bertz CT molecular complexity index is 524. The van der Waals surface area contributed by atoms with Crippen molar-refractivity contribution in [1.82, 2.24) is 13.9 Å². The average molecular weight is 303 g/mol. The van der Waals surface area contributed by atoms with Crippen molar-refractivity contribution in [3.63, 3.8) is 0 Å². The van der Waals surface area contributed by atoms with Gasteiger partial charge >= 0.3 is 0 Å². The highest BCUT2D eigenvalue weighted by Gasteiger charge is 2.30. The van der Waals surface area contributed by atoms with Crippen molar-refractivity contribution in [2.24, 2.45) is 12.5 Å². The van der Waals surface area contributed by atoms with Crippen molar-refractivity contribution < 1.29 is 13.5 Å². The summed E-state index contributed by atoms with van der Waals surface area (Å²) in [5.41, 5.74) is -0.160. The maximum atomic E-state index is 12.6. The molecule has 20 heavy (non-hydrogen) atoms. The van der Waals surface area contributed by atoms with Crippen LogP contribution < -0.4 is 0 Å². The van der Waals surface area contributed by atoms with Gasteiger partial charge in [0.25, 0.3) is 10.0 Å². The number of hydrogen-bond donors (Lipinski definition) is 1. The Morgan fingerprint density at radius 2 is 2.00 bits per heavy atom. The molecule has 0 amide bonds. The number of nitrogens with zero attached hydrogens (tertiary/aromatic N) is 3. The summed E-state index contributed by atoms with van der Waals surface area (Å²) in [5.74, 6) is 0.654. The van der Waals surface area contributed by atoms with Gasteiger partial charge < -0.3 is 9.67 Å². The highest BCUT2D eigenvalue weighted by Crippen LogP contribution is 2.22. The Balaban J connectivity index is 3.09. The van der Waals surface area contributed by atoms with Crippen LogP contribution in [0.1, 0.15) is 33.0 Å². The first-order valence-corrected chi connectivity index (χ1v) is 8.13. The first-order chi connectivity index (χ1) is 9.08. The van der Waals surface area contributed by atoms with Crippen molar-refractivity contribution in [1.29, 1.82) is 0 Å². The second-order valence-corrected chi connectivity index (χ2v) is 8.10. The quantitative estimate of drug-likeness (QED) is 0.855. The number of sulfonamides is 1. The van der Waals surface area contributed by atoms with Crippen LogP contribution in [0.25, 0.3) is 0 Å². The van der Waals surface area contributed by atoms with Crippen LogP contribution in [0.4, 0.5) is 0 Å². The van der Waals surface area contributed by atoms with Crippen molar-refractivity contribution in [3.05, 3.63) is 12.0 Å². The average Bonchev–Trinajstić information content (AvgIpc) is 2.64. The Morgan fingerprint density at radius 3 is 2.40 bits per heavy atom. The summed E-state index contributed by atoms with van der Waals surface area (Å²) in [7, 11) is -1.85. The van der Waals surface area contributed by atoms with Crippen LogP contribution in [-0.2, 0) is 17.1 Å². The first-order valence-electron chi connectivity index (χ1n) is 6.69. The lowest BCUT2D eigenvalue weighted by Crippen LogP contribution is -2.38. The van der Waals surface area contributed by atoms with Crippen LogP contribution >= 0.6 is 0 Å². The van der Waals surface area contributed by atoms with Gasteiger partial charge in [0.05, 0.1) is 0 Å². The smallest absolute Gasteiger partial charge is 0.262 e. The maximum Gasteiger partial charge on any atom is 0.262 e. The molecule has 116 valence electrons. The Labute approximate surface area is 121 Å². The molecule has 1 aromatic rings. The fourth-order valence-corrected chi connectivity index (χ4v) is 3.57. The lowest BCUT2D eigenvalue weighted by atomic mass is 9.97. The molecule has 0 aliphatic rings. The van der Waals surface area contributed by atoms with Crippen LogP contribution in [0.3, 0.4) is 0 Å². The molecule has 0 fully saturated rings. The maximum absolute atomic E-state index is 12.6. The van der Waals surface area contributed by atoms with Crippen molar-refractivity contribution in [2.45, 2.75) is 39.1 Å². The third kappa shape index (κ3) is 4.29. The minimum Gasteiger partial charge on any atom is -0.396 e. The largest absolute Gasteiger partial charge is 0.396 e. The van der Waals surface area contributed by atoms with Gasteiger partial charge in [0.15, 0.2) is 5.03 Å². The van der Waals surface area contributed by atoms with Gasteiger partial charge in [-0.15, -0.1) is 0 Å². The molecule has 1 aromatic heterocycles. The molecule has 0 spiro atoms. The molecule has 1 N–H and O–H groups in total. The summed E-state index contributed by atoms with van der Waals surface area (Å²) in [5, 5.41) is 9.03. The Hall–Kier alpha value is -0.920. The zero-order valence-electron chi connectivity index (χ0n) is 12.9. The van der Waals surface area contributed by atoms with Crippen molar-refractivity contribution >= 4 is 10.0 Å². The number of aryl methyl sites for hydroxylation is 2. The predicted molar refractivity (Wildman–Crippen MR) is 77.9 cm³/mol. The van der Waals surface area contributed by atoms with Crippen LogP contribution in [0.2, 0.25) is 0 Å². The standard InChI is InChI=1S/C13H25N3O3S/c1-11-14-12(9-15(11)5)20(18,19)16(7-6-8-17)10-13(2,3)4/h9,17H,6-8,10H2,1-5H3. The van der Waals surface area contributed by atoms with Gasteiger partial charge in [-0.25, -0.2) is 13.4 Å². The second-order valence-electron chi connectivity index (χ2n) is 6.21. The molecule has 0 atom stereocenters. The summed E-state index contributed by atoms with van der Waals surface area (Å²) in [6.45, 7) is 8.38. The summed E-state index contributed by atoms with van der Waals surface area (Å²) in [6, 6.07) is 0. The summed E-state index contributed by atoms with van der Waals surface area (Å²) in [6.07, 6.45) is 1.94. The zero-order valence-corrected chi connectivity index (χ0v) is 13.7. The molecule has 6 nitrogen and oxygen atoms in total. The van der Waals surface area contributed by atoms with Gasteiger partial charge in [-0.3, -0.25) is 0 Å². The molecule has 0 aliphatic carbocycles. The number of hydrogen-bond acceptors (Lipinski definition) is 4. The molecule has 0 saturated heterocycles. The van der Waals surface area contributed by atoms with E-state index in [0.29, 0.717) is 25.3 Å². The summed E-state index contributed by atoms with van der Waals surface area (Å²) < 4.78 is 28.4. The van der Waals surface area contributed by atoms with Crippen LogP contribution in [0, 0.1) is 12.3 Å². The topological polar surface area (TPSA) is 75.4 Å². The number of aliphatic hydroxyl groups is 1. The lowest BCUT2D eigenvalue weighted by molar-refractivity contribution is 0.240. The minimum absolute atomic E-state index is 0.0303. The van der Waals surface area contributed by atoms with Crippen LogP contribution in [-0.4, -0.2) is 47.1 Å². The van der Waals surface area contributed by atoms with E-state index in [1.54, 1.807) is 18.5 Å². The van der Waals surface area contributed by atoms with Gasteiger partial charge in [-0.05, 0) is 18.8 Å². The summed E-state index contributed by atoms with van der Waals surface area (Å²) >= 11 is 0. The van der Waals surface area contributed by atoms with Crippen LogP contribution in [0.15, 0.2) is 11.2 Å². The predicted octanol–water partition coefficient (Wildman–Crippen LogP) is 1.15. The molecular formula is C13H25N3O3S. The molecule has 1 heterocycles. The monoisotopic (exact) mass is 303 g/mol. The molecule has 0 saturated carbocycles. The van der Waals surface area contributed by atoms with Gasteiger partial charge in [0.1, 0.15) is 5.82 Å². The Morgan fingerprint density at radius 1 is 1.40 bits per heavy atom. The van der Waals surface area contributed by atoms with E-state index < -0.39 is 10.0 Å². The van der Waals surface area contributed by atoms with Crippen molar-refractivity contribution in [3.8, 4) is 0 Å². The first kappa shape index (κ1) is 17.1. The molecule has 0 aromatic carbocycles. The third-order valence-corrected chi connectivity index (χ3v) is 4.62. The number of imidazole rings is 1. The summed E-state index contributed by atoms with van der Waals surface area (Å²) in [4.78, 5) is 4.11. The molecule has 1 rings (SSSR count). The molecule has 7 heteroatoms. The second kappa shape index (κ2) is 6.24. The fraction of sp³-hybridized carbons (Fsp3) is 0.769. The van der Waals surface area contributed by atoms with Gasteiger partial charge in [-0.2, -0.15) is 4.31 Å². The SMILES string of the molecule is Cc1nc(S(=O)(=O)N(CCCO)CC(C)(C)C)cn1C. The highest BCUT2D eigenvalue weighted by atomic mass is 32.2. The van der Waals surface area contributed by atoms with Gasteiger partial charge in [0, 0.05) is 32.9 Å². The van der Waals surface area contributed by atoms with Crippen LogP contribution in [0.5, 0.6) is 0 Å². The lowest BCUT2D eigenvalue weighted by Gasteiger charge is -2.28. The molecular weight excluding hydrogens is 278 g/mol. The third-order valence-electron chi connectivity index (χ3n) is 2.91. The van der Waals surface area contributed by atoms with Gasteiger partial charge in [0.2, 0.25) is 0 Å². The number of aliphatic hydroxyl groups excluding tert-OH is 1. The zero-order chi connectivity index (χ0) is 15.6. The van der Waals surface area contributed by atoms with Crippen molar-refractivity contribution in [2.75, 3.05) is 19.7 Å². The molecule has 0 aliphatic heterocycles. The molecule has 0 radical (unpaired) electrons. The minimum atomic E-state index is -3.62. The van der Waals surface area contributed by atoms with Gasteiger partial charge in [-0.1, -0.05) is 20.8 Å². The molecule has 0 unspecified atom stereocenters. The van der Waals surface area contributed by atoms with E-state index in [0.717, 1.165) is 0 Å². The fourth-order valence-electron chi connectivity index (χ4n) is 1.84. The van der Waals surface area contributed by atoms with E-state index in [4.69, 9.17) is 5.11 Å². The van der Waals surface area contributed by atoms with E-state index in [2.05, 4.69) is 4.98 Å². The van der Waals surface area contributed by atoms with E-state index in [1.807, 2.05) is 20.8 Å². The van der Waals surface area contributed by atoms with E-state index >= 15 is 0 Å². The molecule has 0 bridgehead atoms. The normalized spacial score (nSPS) is 13.2. The van der Waals surface area contributed by atoms with E-state index in [9.17, 15) is 8.42 Å². The highest BCUT2D eigenvalue weighted by molar-refractivity contribution is 7.89. The van der Waals surface area contributed by atoms with E-state index in [-0.39, 0.29) is 17.0 Å². The number of aromatic nitrogens is 2.